The summed E-state index contributed by atoms with van der Waals surface area (Å²) < 4.78 is 16.4. The van der Waals surface area contributed by atoms with Crippen molar-refractivity contribution in [1.29, 1.82) is 0 Å². The van der Waals surface area contributed by atoms with E-state index >= 15 is 0 Å². The van der Waals surface area contributed by atoms with Gasteiger partial charge >= 0.3 is 7.82 Å². The van der Waals surface area contributed by atoms with Crippen LogP contribution in [-0.4, -0.2) is 32.5 Å². The van der Waals surface area contributed by atoms with Gasteiger partial charge in [-0.05, 0) is 65.5 Å². The number of benzene rings is 2. The smallest absolute Gasteiger partial charge is 0.508 e. The number of phenols is 2. The minimum absolute atomic E-state index is 0.0284. The standard InChI is InChI=1S/C28H35N2O7P/c1-18(2)8-5-9-19(3)10-6-11-20(4)14-15-30-23-16-21(31)17-25(37-38(34,35)36)27(23)29-26-22(28(30)33)12-7-13-24(26)32/h7-8,10,12-14,16-17,29,31-32H,5-6,9,11,15H2,1-4H3,(H2,34,35,36). The summed E-state index contributed by atoms with van der Waals surface area (Å²) in [6, 6.07) is 6.78. The summed E-state index contributed by atoms with van der Waals surface area (Å²) in [5.41, 5.74) is 4.08. The number of fused-ring (bicyclic) bond motifs is 2. The third-order valence-corrected chi connectivity index (χ3v) is 6.52. The topological polar surface area (TPSA) is 140 Å². The molecule has 1 amide bonds. The second-order valence-corrected chi connectivity index (χ2v) is 10.8. The lowest BCUT2D eigenvalue weighted by Crippen LogP contribution is -2.30. The van der Waals surface area contributed by atoms with Crippen LogP contribution in [0.4, 0.5) is 17.1 Å². The van der Waals surface area contributed by atoms with Crippen molar-refractivity contribution in [1.82, 2.24) is 0 Å². The van der Waals surface area contributed by atoms with Crippen LogP contribution in [0.15, 0.2) is 65.3 Å². The number of phenolic OH excluding ortho intramolecular Hbond substituents is 2. The molecule has 0 spiro atoms. The first-order chi connectivity index (χ1) is 17.9. The average molecular weight is 543 g/mol. The van der Waals surface area contributed by atoms with E-state index in [1.807, 2.05) is 13.0 Å². The van der Waals surface area contributed by atoms with E-state index in [9.17, 15) is 29.4 Å². The normalized spacial score (nSPS) is 13.8. The summed E-state index contributed by atoms with van der Waals surface area (Å²) >= 11 is 0. The van der Waals surface area contributed by atoms with Crippen LogP contribution in [-0.2, 0) is 4.57 Å². The van der Waals surface area contributed by atoms with Crippen molar-refractivity contribution in [3.63, 3.8) is 0 Å². The van der Waals surface area contributed by atoms with Crippen LogP contribution >= 0.6 is 7.82 Å². The Kier molecular flexibility index (Phi) is 9.44. The molecule has 204 valence electrons. The predicted molar refractivity (Wildman–Crippen MR) is 149 cm³/mol. The highest BCUT2D eigenvalue weighted by molar-refractivity contribution is 7.46. The van der Waals surface area contributed by atoms with Crippen molar-refractivity contribution in [2.45, 2.75) is 53.4 Å². The molecule has 0 saturated carbocycles. The van der Waals surface area contributed by atoms with E-state index in [-0.39, 0.29) is 46.4 Å². The van der Waals surface area contributed by atoms with Crippen LogP contribution in [0.2, 0.25) is 0 Å². The van der Waals surface area contributed by atoms with Gasteiger partial charge in [0, 0.05) is 18.7 Å². The molecule has 2 aromatic carbocycles. The molecule has 0 aliphatic carbocycles. The zero-order valence-electron chi connectivity index (χ0n) is 22.1. The highest BCUT2D eigenvalue weighted by Gasteiger charge is 2.32. The van der Waals surface area contributed by atoms with Crippen LogP contribution in [0.5, 0.6) is 17.2 Å². The number of carbonyl (C=O) groups excluding carboxylic acids is 1. The molecule has 0 unspecified atom stereocenters. The monoisotopic (exact) mass is 542 g/mol. The molecule has 38 heavy (non-hydrogen) atoms. The van der Waals surface area contributed by atoms with E-state index in [2.05, 4.69) is 38.2 Å². The van der Waals surface area contributed by atoms with Gasteiger partial charge in [0.25, 0.3) is 5.91 Å². The fraction of sp³-hybridized carbons (Fsp3) is 0.321. The Labute approximate surface area is 223 Å². The Balaban J connectivity index is 1.90. The van der Waals surface area contributed by atoms with Crippen molar-refractivity contribution >= 4 is 30.8 Å². The van der Waals surface area contributed by atoms with Gasteiger partial charge in [0.1, 0.15) is 17.2 Å². The lowest BCUT2D eigenvalue weighted by atomic mass is 10.1. The number of carbonyl (C=O) groups is 1. The van der Waals surface area contributed by atoms with E-state index in [0.29, 0.717) is 0 Å². The first kappa shape index (κ1) is 29.0. The molecule has 0 radical (unpaired) electrons. The molecule has 0 bridgehead atoms. The summed E-state index contributed by atoms with van der Waals surface area (Å²) in [4.78, 5) is 33.8. The summed E-state index contributed by atoms with van der Waals surface area (Å²) in [5.74, 6) is -1.40. The summed E-state index contributed by atoms with van der Waals surface area (Å²) in [5, 5.41) is 23.6. The third-order valence-electron chi connectivity index (χ3n) is 6.09. The van der Waals surface area contributed by atoms with Crippen LogP contribution < -0.4 is 14.7 Å². The van der Waals surface area contributed by atoms with Crippen molar-refractivity contribution in [3.05, 3.63) is 70.8 Å². The molecule has 1 aliphatic rings. The maximum Gasteiger partial charge on any atom is 0.524 e. The zero-order valence-corrected chi connectivity index (χ0v) is 23.0. The lowest BCUT2D eigenvalue weighted by molar-refractivity contribution is 0.0990. The Bertz CT molecular complexity index is 1340. The van der Waals surface area contributed by atoms with Crippen LogP contribution in [0.3, 0.4) is 0 Å². The number of nitrogens with zero attached hydrogens (tertiary/aromatic N) is 1. The van der Waals surface area contributed by atoms with E-state index in [1.54, 1.807) is 0 Å². The molecule has 0 saturated heterocycles. The summed E-state index contributed by atoms with van der Waals surface area (Å²) in [6.45, 7) is 8.39. The van der Waals surface area contributed by atoms with Crippen LogP contribution in [0.1, 0.15) is 63.7 Å². The van der Waals surface area contributed by atoms with E-state index in [0.717, 1.165) is 37.3 Å². The molecule has 1 aliphatic heterocycles. The number of rotatable bonds is 10. The maximum atomic E-state index is 13.6. The number of hydrogen-bond donors (Lipinski definition) is 5. The minimum atomic E-state index is -5.00. The number of phosphoric acid groups is 1. The van der Waals surface area contributed by atoms with Gasteiger partial charge in [-0.15, -0.1) is 0 Å². The second kappa shape index (κ2) is 12.3. The molecular weight excluding hydrogens is 507 g/mol. The van der Waals surface area contributed by atoms with Crippen molar-refractivity contribution in [2.75, 3.05) is 16.8 Å². The molecule has 3 rings (SSSR count). The Hall–Kier alpha value is -3.52. The van der Waals surface area contributed by atoms with Gasteiger partial charge in [0.05, 0.1) is 16.9 Å². The number of aromatic hydroxyl groups is 2. The van der Waals surface area contributed by atoms with Gasteiger partial charge in [-0.2, -0.15) is 0 Å². The van der Waals surface area contributed by atoms with Crippen molar-refractivity contribution in [3.8, 4) is 17.2 Å². The van der Waals surface area contributed by atoms with Gasteiger partial charge in [-0.1, -0.05) is 41.0 Å². The minimum Gasteiger partial charge on any atom is -0.508 e. The Morgan fingerprint density at radius 3 is 2.29 bits per heavy atom. The number of hydrogen-bond acceptors (Lipinski definition) is 6. The quantitative estimate of drug-likeness (QED) is 0.0968. The number of amides is 1. The lowest BCUT2D eigenvalue weighted by Gasteiger charge is -2.23. The SMILES string of the molecule is CC(C)=CCCC(C)=CCCC(C)=CCN1C(=O)c2cccc(O)c2Nc2c(OP(=O)(O)O)cc(O)cc21. The maximum absolute atomic E-state index is 13.6. The van der Waals surface area contributed by atoms with Crippen molar-refractivity contribution in [2.24, 2.45) is 0 Å². The first-order valence-electron chi connectivity index (χ1n) is 12.3. The molecule has 10 heteroatoms. The fourth-order valence-corrected chi connectivity index (χ4v) is 4.52. The predicted octanol–water partition coefficient (Wildman–Crippen LogP) is 6.69. The zero-order chi connectivity index (χ0) is 28.0. The molecular formula is C28H35N2O7P. The van der Waals surface area contributed by atoms with E-state index < -0.39 is 13.7 Å². The van der Waals surface area contributed by atoms with Gasteiger partial charge in [0.2, 0.25) is 0 Å². The van der Waals surface area contributed by atoms with Crippen LogP contribution in [0.25, 0.3) is 0 Å². The first-order valence-corrected chi connectivity index (χ1v) is 13.9. The number of nitrogens with one attached hydrogen (secondary N) is 1. The van der Waals surface area contributed by atoms with Gasteiger partial charge < -0.3 is 25.0 Å². The van der Waals surface area contributed by atoms with Crippen LogP contribution in [0, 0.1) is 0 Å². The van der Waals surface area contributed by atoms with E-state index in [4.69, 9.17) is 4.52 Å². The molecule has 9 nitrogen and oxygen atoms in total. The third kappa shape index (κ3) is 7.74. The van der Waals surface area contributed by atoms with Crippen molar-refractivity contribution < 1.29 is 33.9 Å². The highest BCUT2D eigenvalue weighted by Crippen LogP contribution is 2.50. The Morgan fingerprint density at radius 1 is 0.974 bits per heavy atom. The number of para-hydroxylation sites is 1. The number of allylic oxidation sites excluding steroid dienone is 5. The molecule has 0 fully saturated rings. The van der Waals surface area contributed by atoms with E-state index in [1.165, 1.54) is 40.3 Å². The highest BCUT2D eigenvalue weighted by atomic mass is 31.2. The number of phosphoric ester groups is 1. The fourth-order valence-electron chi connectivity index (χ4n) is 4.12. The Morgan fingerprint density at radius 2 is 1.63 bits per heavy atom. The summed E-state index contributed by atoms with van der Waals surface area (Å²) in [6.07, 6.45) is 10.0. The molecule has 5 N–H and O–H groups in total. The molecule has 2 aromatic rings. The largest absolute Gasteiger partial charge is 0.524 e. The molecule has 1 heterocycles. The average Bonchev–Trinajstić information content (AvgIpc) is 2.92. The van der Waals surface area contributed by atoms with Gasteiger partial charge in [-0.3, -0.25) is 14.6 Å². The van der Waals surface area contributed by atoms with Gasteiger partial charge in [-0.25, -0.2) is 4.57 Å². The molecule has 0 atom stereocenters. The van der Waals surface area contributed by atoms with Gasteiger partial charge in [0.15, 0.2) is 5.75 Å². The number of anilines is 3. The molecule has 0 aromatic heterocycles. The second-order valence-electron chi connectivity index (χ2n) is 9.62. The summed E-state index contributed by atoms with van der Waals surface area (Å²) in [7, 11) is -5.00.